The SMILES string of the molecule is CCN1CCC[C@H]1CNC(=O)c1nc(-c2ccco2)sc1C. The molecule has 1 amide bonds. The molecule has 0 spiro atoms. The van der Waals surface area contributed by atoms with E-state index in [9.17, 15) is 4.79 Å². The number of furan rings is 1. The smallest absolute Gasteiger partial charge is 0.271 e. The van der Waals surface area contributed by atoms with Crippen molar-refractivity contribution in [3.05, 3.63) is 29.0 Å². The van der Waals surface area contributed by atoms with E-state index in [1.807, 2.05) is 19.1 Å². The number of amides is 1. The van der Waals surface area contributed by atoms with Gasteiger partial charge in [-0.2, -0.15) is 0 Å². The lowest BCUT2D eigenvalue weighted by Crippen LogP contribution is -2.40. The molecule has 6 heteroatoms. The molecule has 1 saturated heterocycles. The molecule has 22 heavy (non-hydrogen) atoms. The number of aryl methyl sites for hydroxylation is 1. The first-order chi connectivity index (χ1) is 10.7. The third-order valence-electron chi connectivity index (χ3n) is 4.15. The number of carbonyl (C=O) groups excluding carboxylic acids is 1. The molecule has 0 aliphatic carbocycles. The summed E-state index contributed by atoms with van der Waals surface area (Å²) in [4.78, 5) is 20.2. The second-order valence-electron chi connectivity index (χ2n) is 5.54. The Bertz CT molecular complexity index is 636. The van der Waals surface area contributed by atoms with Crippen molar-refractivity contribution in [2.75, 3.05) is 19.6 Å². The van der Waals surface area contributed by atoms with E-state index in [1.165, 1.54) is 17.8 Å². The summed E-state index contributed by atoms with van der Waals surface area (Å²) >= 11 is 1.49. The summed E-state index contributed by atoms with van der Waals surface area (Å²) < 4.78 is 5.35. The zero-order chi connectivity index (χ0) is 15.5. The molecule has 1 aliphatic rings. The summed E-state index contributed by atoms with van der Waals surface area (Å²) in [6, 6.07) is 4.14. The maximum Gasteiger partial charge on any atom is 0.271 e. The number of aromatic nitrogens is 1. The van der Waals surface area contributed by atoms with Crippen molar-refractivity contribution < 1.29 is 9.21 Å². The lowest BCUT2D eigenvalue weighted by atomic mass is 10.2. The van der Waals surface area contributed by atoms with Gasteiger partial charge in [-0.15, -0.1) is 11.3 Å². The number of nitrogens with zero attached hydrogens (tertiary/aromatic N) is 2. The van der Waals surface area contributed by atoms with Crippen LogP contribution in [-0.2, 0) is 0 Å². The van der Waals surface area contributed by atoms with E-state index >= 15 is 0 Å². The highest BCUT2D eigenvalue weighted by atomic mass is 32.1. The van der Waals surface area contributed by atoms with Crippen LogP contribution in [0.4, 0.5) is 0 Å². The molecule has 0 aromatic carbocycles. The first kappa shape index (κ1) is 15.2. The molecule has 1 atom stereocenters. The molecule has 0 bridgehead atoms. The minimum atomic E-state index is -0.0884. The van der Waals surface area contributed by atoms with Crippen LogP contribution in [-0.4, -0.2) is 41.5 Å². The molecule has 2 aromatic heterocycles. The molecule has 3 heterocycles. The van der Waals surface area contributed by atoms with Gasteiger partial charge in [0.05, 0.1) is 6.26 Å². The summed E-state index contributed by atoms with van der Waals surface area (Å²) in [6.07, 6.45) is 3.99. The van der Waals surface area contributed by atoms with Gasteiger partial charge in [-0.3, -0.25) is 9.69 Å². The quantitative estimate of drug-likeness (QED) is 0.920. The average Bonchev–Trinajstić information content (AvgIpc) is 3.24. The zero-order valence-corrected chi connectivity index (χ0v) is 13.8. The monoisotopic (exact) mass is 319 g/mol. The average molecular weight is 319 g/mol. The Kier molecular flexibility index (Phi) is 4.59. The molecule has 0 unspecified atom stereocenters. The van der Waals surface area contributed by atoms with E-state index in [0.717, 1.165) is 29.4 Å². The van der Waals surface area contributed by atoms with E-state index in [1.54, 1.807) is 6.26 Å². The Morgan fingerprint density at radius 1 is 1.59 bits per heavy atom. The number of likely N-dealkylation sites (tertiary alicyclic amines) is 1. The predicted octanol–water partition coefficient (Wildman–Crippen LogP) is 2.93. The molecular formula is C16H21N3O2S. The minimum Gasteiger partial charge on any atom is -0.462 e. The first-order valence-electron chi connectivity index (χ1n) is 7.72. The normalized spacial score (nSPS) is 18.7. The van der Waals surface area contributed by atoms with Gasteiger partial charge in [-0.05, 0) is 45.0 Å². The maximum absolute atomic E-state index is 12.4. The fourth-order valence-corrected chi connectivity index (χ4v) is 3.83. The molecule has 1 fully saturated rings. The number of carbonyl (C=O) groups is 1. The van der Waals surface area contributed by atoms with Crippen molar-refractivity contribution in [2.45, 2.75) is 32.7 Å². The molecule has 0 saturated carbocycles. The standard InChI is InChI=1S/C16H21N3O2S/c1-3-19-8-4-6-12(19)10-17-15(20)14-11(2)22-16(18-14)13-7-5-9-21-13/h5,7,9,12H,3-4,6,8,10H2,1-2H3,(H,17,20)/t12-/m0/s1. The first-order valence-corrected chi connectivity index (χ1v) is 8.54. The van der Waals surface area contributed by atoms with Gasteiger partial charge in [-0.1, -0.05) is 6.92 Å². The van der Waals surface area contributed by atoms with Crippen molar-refractivity contribution >= 4 is 17.2 Å². The lowest BCUT2D eigenvalue weighted by Gasteiger charge is -2.22. The molecule has 1 N–H and O–H groups in total. The molecular weight excluding hydrogens is 298 g/mol. The van der Waals surface area contributed by atoms with Crippen LogP contribution < -0.4 is 5.32 Å². The van der Waals surface area contributed by atoms with Gasteiger partial charge in [-0.25, -0.2) is 4.98 Å². The third-order valence-corrected chi connectivity index (χ3v) is 5.13. The highest BCUT2D eigenvalue weighted by Gasteiger charge is 2.24. The van der Waals surface area contributed by atoms with E-state index in [4.69, 9.17) is 4.42 Å². The number of rotatable bonds is 5. The van der Waals surface area contributed by atoms with Crippen LogP contribution in [0.2, 0.25) is 0 Å². The van der Waals surface area contributed by atoms with Gasteiger partial charge in [0.2, 0.25) is 0 Å². The Labute approximate surface area is 134 Å². The Hall–Kier alpha value is -1.66. The summed E-state index contributed by atoms with van der Waals surface area (Å²) in [5.74, 6) is 0.620. The van der Waals surface area contributed by atoms with Crippen LogP contribution in [0.25, 0.3) is 10.8 Å². The second kappa shape index (κ2) is 6.62. The highest BCUT2D eigenvalue weighted by molar-refractivity contribution is 7.15. The van der Waals surface area contributed by atoms with Crippen LogP contribution >= 0.6 is 11.3 Å². The van der Waals surface area contributed by atoms with Gasteiger partial charge < -0.3 is 9.73 Å². The van der Waals surface area contributed by atoms with Crippen LogP contribution in [0.15, 0.2) is 22.8 Å². The second-order valence-corrected chi connectivity index (χ2v) is 6.74. The largest absolute Gasteiger partial charge is 0.462 e. The van der Waals surface area contributed by atoms with Crippen molar-refractivity contribution in [1.82, 2.24) is 15.2 Å². The molecule has 1 aliphatic heterocycles. The summed E-state index contributed by atoms with van der Waals surface area (Å²) in [7, 11) is 0. The van der Waals surface area contributed by atoms with Crippen molar-refractivity contribution in [2.24, 2.45) is 0 Å². The number of thiazole rings is 1. The number of hydrogen-bond acceptors (Lipinski definition) is 5. The summed E-state index contributed by atoms with van der Waals surface area (Å²) in [5.41, 5.74) is 0.512. The fourth-order valence-electron chi connectivity index (χ4n) is 2.95. The Morgan fingerprint density at radius 3 is 3.18 bits per heavy atom. The lowest BCUT2D eigenvalue weighted by molar-refractivity contribution is 0.0936. The third kappa shape index (κ3) is 3.08. The Balaban J connectivity index is 1.65. The molecule has 118 valence electrons. The van der Waals surface area contributed by atoms with Gasteiger partial charge in [0.15, 0.2) is 10.8 Å². The van der Waals surface area contributed by atoms with Crippen LogP contribution in [0.3, 0.4) is 0 Å². The number of nitrogens with one attached hydrogen (secondary N) is 1. The summed E-state index contributed by atoms with van der Waals surface area (Å²) in [6.45, 7) is 6.96. The van der Waals surface area contributed by atoms with Crippen LogP contribution in [0.5, 0.6) is 0 Å². The van der Waals surface area contributed by atoms with Crippen molar-refractivity contribution in [3.63, 3.8) is 0 Å². The van der Waals surface area contributed by atoms with E-state index in [2.05, 4.69) is 22.1 Å². The highest BCUT2D eigenvalue weighted by Crippen LogP contribution is 2.27. The van der Waals surface area contributed by atoms with E-state index in [0.29, 0.717) is 24.0 Å². The number of hydrogen-bond donors (Lipinski definition) is 1. The fraction of sp³-hybridized carbons (Fsp3) is 0.500. The Morgan fingerprint density at radius 2 is 2.45 bits per heavy atom. The number of likely N-dealkylation sites (N-methyl/N-ethyl adjacent to an activating group) is 1. The van der Waals surface area contributed by atoms with Crippen molar-refractivity contribution in [1.29, 1.82) is 0 Å². The minimum absolute atomic E-state index is 0.0884. The topological polar surface area (TPSA) is 58.4 Å². The van der Waals surface area contributed by atoms with Gasteiger partial charge in [0, 0.05) is 17.5 Å². The van der Waals surface area contributed by atoms with Gasteiger partial charge in [0.25, 0.3) is 5.91 Å². The van der Waals surface area contributed by atoms with Crippen LogP contribution in [0.1, 0.15) is 35.1 Å². The van der Waals surface area contributed by atoms with Gasteiger partial charge in [0.1, 0.15) is 5.69 Å². The summed E-state index contributed by atoms with van der Waals surface area (Å²) in [5, 5.41) is 3.79. The molecule has 2 aromatic rings. The van der Waals surface area contributed by atoms with Gasteiger partial charge >= 0.3 is 0 Å². The van der Waals surface area contributed by atoms with E-state index < -0.39 is 0 Å². The predicted molar refractivity (Wildman–Crippen MR) is 87.2 cm³/mol. The molecule has 5 nitrogen and oxygen atoms in total. The zero-order valence-electron chi connectivity index (χ0n) is 13.0. The molecule has 3 rings (SSSR count). The van der Waals surface area contributed by atoms with Crippen molar-refractivity contribution in [3.8, 4) is 10.8 Å². The maximum atomic E-state index is 12.4. The van der Waals surface area contributed by atoms with E-state index in [-0.39, 0.29) is 5.91 Å². The molecule has 0 radical (unpaired) electrons. The van der Waals surface area contributed by atoms with Crippen LogP contribution in [0, 0.1) is 6.92 Å².